The van der Waals surface area contributed by atoms with E-state index in [1.54, 1.807) is 11.3 Å². The Hall–Kier alpha value is -0.660. The SMILES string of the molecule is ClCc1nc2cc(I)ccc2n1Cc1cscn1. The van der Waals surface area contributed by atoms with Crippen LogP contribution in [0.4, 0.5) is 0 Å². The molecule has 3 aromatic rings. The Kier molecular flexibility index (Phi) is 3.54. The fourth-order valence-corrected chi connectivity index (χ4v) is 3.14. The minimum Gasteiger partial charge on any atom is -0.321 e. The minimum atomic E-state index is 0.412. The van der Waals surface area contributed by atoms with Gasteiger partial charge in [-0.25, -0.2) is 9.97 Å². The average molecular weight is 390 g/mol. The van der Waals surface area contributed by atoms with Crippen molar-refractivity contribution in [1.82, 2.24) is 14.5 Å². The molecular formula is C12H9ClIN3S. The molecule has 0 fully saturated rings. The average Bonchev–Trinajstić information content (AvgIpc) is 2.97. The highest BCUT2D eigenvalue weighted by molar-refractivity contribution is 14.1. The second-order valence-corrected chi connectivity index (χ2v) is 6.09. The number of benzene rings is 1. The topological polar surface area (TPSA) is 30.7 Å². The van der Waals surface area contributed by atoms with E-state index in [0.29, 0.717) is 5.88 Å². The maximum atomic E-state index is 5.98. The number of halogens is 2. The van der Waals surface area contributed by atoms with Crippen molar-refractivity contribution in [2.75, 3.05) is 0 Å². The van der Waals surface area contributed by atoms with Crippen molar-refractivity contribution in [3.8, 4) is 0 Å². The zero-order chi connectivity index (χ0) is 12.5. The van der Waals surface area contributed by atoms with E-state index in [1.165, 1.54) is 3.57 Å². The Balaban J connectivity index is 2.13. The Morgan fingerprint density at radius 2 is 2.28 bits per heavy atom. The van der Waals surface area contributed by atoms with Crippen molar-refractivity contribution < 1.29 is 0 Å². The second-order valence-electron chi connectivity index (χ2n) is 3.86. The number of rotatable bonds is 3. The third-order valence-electron chi connectivity index (χ3n) is 2.71. The van der Waals surface area contributed by atoms with E-state index < -0.39 is 0 Å². The van der Waals surface area contributed by atoms with Gasteiger partial charge in [0, 0.05) is 8.95 Å². The van der Waals surface area contributed by atoms with Gasteiger partial charge in [-0.15, -0.1) is 22.9 Å². The smallest absolute Gasteiger partial charge is 0.125 e. The summed E-state index contributed by atoms with van der Waals surface area (Å²) in [5.74, 6) is 1.30. The molecule has 0 bridgehead atoms. The predicted octanol–water partition coefficient (Wildman–Crippen LogP) is 3.88. The minimum absolute atomic E-state index is 0.412. The van der Waals surface area contributed by atoms with Crippen LogP contribution in [0, 0.1) is 3.57 Å². The number of hydrogen-bond acceptors (Lipinski definition) is 3. The largest absolute Gasteiger partial charge is 0.321 e. The van der Waals surface area contributed by atoms with Gasteiger partial charge in [0.05, 0.1) is 34.7 Å². The van der Waals surface area contributed by atoms with E-state index in [4.69, 9.17) is 11.6 Å². The number of imidazole rings is 1. The summed E-state index contributed by atoms with van der Waals surface area (Å²) >= 11 is 9.87. The zero-order valence-corrected chi connectivity index (χ0v) is 13.0. The van der Waals surface area contributed by atoms with Gasteiger partial charge >= 0.3 is 0 Å². The number of aromatic nitrogens is 3. The third kappa shape index (κ3) is 2.26. The van der Waals surface area contributed by atoms with Crippen LogP contribution in [0.1, 0.15) is 11.5 Å². The summed E-state index contributed by atoms with van der Waals surface area (Å²) in [5, 5.41) is 2.05. The number of fused-ring (bicyclic) bond motifs is 1. The molecule has 2 aromatic heterocycles. The normalized spacial score (nSPS) is 11.2. The van der Waals surface area contributed by atoms with Gasteiger partial charge in [-0.1, -0.05) is 0 Å². The molecule has 0 aliphatic carbocycles. The summed E-state index contributed by atoms with van der Waals surface area (Å²) in [6.45, 7) is 0.725. The van der Waals surface area contributed by atoms with Gasteiger partial charge in [-0.05, 0) is 40.8 Å². The van der Waals surface area contributed by atoms with Gasteiger partial charge in [-0.2, -0.15) is 0 Å². The quantitative estimate of drug-likeness (QED) is 0.503. The Morgan fingerprint density at radius 1 is 1.39 bits per heavy atom. The molecule has 3 nitrogen and oxygen atoms in total. The highest BCUT2D eigenvalue weighted by Gasteiger charge is 2.11. The van der Waals surface area contributed by atoms with Crippen molar-refractivity contribution in [2.45, 2.75) is 12.4 Å². The van der Waals surface area contributed by atoms with Crippen molar-refractivity contribution in [3.05, 3.63) is 44.2 Å². The number of alkyl halides is 1. The molecule has 3 rings (SSSR count). The fraction of sp³-hybridized carbons (Fsp3) is 0.167. The van der Waals surface area contributed by atoms with Crippen LogP contribution in [0.5, 0.6) is 0 Å². The van der Waals surface area contributed by atoms with E-state index >= 15 is 0 Å². The lowest BCUT2D eigenvalue weighted by atomic mass is 10.3. The first-order valence-electron chi connectivity index (χ1n) is 5.35. The molecule has 0 atom stereocenters. The molecule has 0 radical (unpaired) electrons. The fourth-order valence-electron chi connectivity index (χ4n) is 1.91. The molecule has 6 heteroatoms. The first-order valence-corrected chi connectivity index (χ1v) is 7.91. The van der Waals surface area contributed by atoms with E-state index in [1.807, 2.05) is 5.51 Å². The summed E-state index contributed by atoms with van der Waals surface area (Å²) in [5.41, 5.74) is 4.99. The molecule has 0 unspecified atom stereocenters. The summed E-state index contributed by atoms with van der Waals surface area (Å²) in [6.07, 6.45) is 0. The summed E-state index contributed by atoms with van der Waals surface area (Å²) in [7, 11) is 0. The van der Waals surface area contributed by atoms with E-state index in [9.17, 15) is 0 Å². The number of thiazole rings is 1. The van der Waals surface area contributed by atoms with Crippen LogP contribution in [0.3, 0.4) is 0 Å². The van der Waals surface area contributed by atoms with Crippen LogP contribution in [0.2, 0.25) is 0 Å². The lowest BCUT2D eigenvalue weighted by Gasteiger charge is -2.05. The van der Waals surface area contributed by atoms with Crippen LogP contribution < -0.4 is 0 Å². The molecule has 0 amide bonds. The van der Waals surface area contributed by atoms with E-state index in [-0.39, 0.29) is 0 Å². The first-order chi connectivity index (χ1) is 8.78. The molecule has 92 valence electrons. The highest BCUT2D eigenvalue weighted by Crippen LogP contribution is 2.21. The molecule has 1 aromatic carbocycles. The van der Waals surface area contributed by atoms with Gasteiger partial charge in [0.1, 0.15) is 5.82 Å². The molecule has 0 aliphatic rings. The third-order valence-corrected chi connectivity index (χ3v) is 4.26. The van der Waals surface area contributed by atoms with Gasteiger partial charge in [0.15, 0.2) is 0 Å². The van der Waals surface area contributed by atoms with Crippen molar-refractivity contribution in [1.29, 1.82) is 0 Å². The Morgan fingerprint density at radius 3 is 3.00 bits per heavy atom. The summed E-state index contributed by atoms with van der Waals surface area (Å²) in [4.78, 5) is 8.89. The van der Waals surface area contributed by atoms with Gasteiger partial charge in [-0.3, -0.25) is 0 Å². The molecule has 2 heterocycles. The van der Waals surface area contributed by atoms with Crippen molar-refractivity contribution in [2.24, 2.45) is 0 Å². The molecule has 0 N–H and O–H groups in total. The van der Waals surface area contributed by atoms with Crippen LogP contribution in [0.25, 0.3) is 11.0 Å². The Bertz CT molecular complexity index is 678. The van der Waals surface area contributed by atoms with E-state index in [2.05, 4.69) is 60.7 Å². The predicted molar refractivity (Wildman–Crippen MR) is 83.2 cm³/mol. The molecule has 0 saturated heterocycles. The second kappa shape index (κ2) is 5.14. The van der Waals surface area contributed by atoms with Gasteiger partial charge in [0.2, 0.25) is 0 Å². The lowest BCUT2D eigenvalue weighted by Crippen LogP contribution is -2.03. The van der Waals surface area contributed by atoms with Gasteiger partial charge in [0.25, 0.3) is 0 Å². The molecule has 18 heavy (non-hydrogen) atoms. The van der Waals surface area contributed by atoms with Crippen LogP contribution in [-0.4, -0.2) is 14.5 Å². The Labute approximate surface area is 127 Å². The lowest BCUT2D eigenvalue weighted by molar-refractivity contribution is 0.763. The van der Waals surface area contributed by atoms with Crippen LogP contribution >= 0.6 is 45.5 Å². The standard InChI is InChI=1S/C12H9ClIN3S/c13-4-12-16-10-3-8(14)1-2-11(10)17(12)5-9-6-18-7-15-9/h1-3,6-7H,4-5H2. The van der Waals surface area contributed by atoms with E-state index in [0.717, 1.165) is 29.1 Å². The first kappa shape index (κ1) is 12.4. The molecule has 0 spiro atoms. The highest BCUT2D eigenvalue weighted by atomic mass is 127. The maximum Gasteiger partial charge on any atom is 0.125 e. The number of nitrogens with zero attached hydrogens (tertiary/aromatic N) is 3. The van der Waals surface area contributed by atoms with Gasteiger partial charge < -0.3 is 4.57 Å². The summed E-state index contributed by atoms with van der Waals surface area (Å²) < 4.78 is 3.31. The van der Waals surface area contributed by atoms with Crippen LogP contribution in [0.15, 0.2) is 29.1 Å². The molecule has 0 aliphatic heterocycles. The number of hydrogen-bond donors (Lipinski definition) is 0. The molecular weight excluding hydrogens is 381 g/mol. The summed E-state index contributed by atoms with van der Waals surface area (Å²) in [6, 6.07) is 6.25. The van der Waals surface area contributed by atoms with Crippen LogP contribution in [-0.2, 0) is 12.4 Å². The maximum absolute atomic E-state index is 5.98. The monoisotopic (exact) mass is 389 g/mol. The van der Waals surface area contributed by atoms with Crippen molar-refractivity contribution >= 4 is 56.6 Å². The zero-order valence-electron chi connectivity index (χ0n) is 9.31. The van der Waals surface area contributed by atoms with Crippen molar-refractivity contribution in [3.63, 3.8) is 0 Å². The molecule has 0 saturated carbocycles.